The molecule has 0 amide bonds. The van der Waals surface area contributed by atoms with Crippen molar-refractivity contribution in [2.24, 2.45) is 23.7 Å². The first-order valence-electron chi connectivity index (χ1n) is 21.4. The van der Waals surface area contributed by atoms with E-state index in [2.05, 4.69) is 181 Å². The summed E-state index contributed by atoms with van der Waals surface area (Å²) in [6, 6.07) is 60.3. The van der Waals surface area contributed by atoms with Gasteiger partial charge in [0.2, 0.25) is 0 Å². The normalized spacial score (nSPS) is 24.2. The molecule has 4 bridgehead atoms. The third-order valence-corrected chi connectivity index (χ3v) is 15.6. The van der Waals surface area contributed by atoms with Gasteiger partial charge in [-0.2, -0.15) is 0 Å². The van der Waals surface area contributed by atoms with E-state index < -0.39 is 0 Å². The molecule has 1 spiro atoms. The standard InChI is InChI=1S/C55H46N2/c1-54(2)44-19-9-7-17-42(44)52-46(54)21-12-23-49(52)57(51-25-13-24-50-53(51)43-18-8-11-22-48(43)56(50)38-14-4-3-5-15-38)39-26-27-41-40-16-6-10-20-45(40)55(47(41)33-39)36-29-34-28-35(31-36)32-37(55)30-34/h3-27,33-37H,28-32H2,1-2H3. The molecule has 7 aromatic carbocycles. The Labute approximate surface area is 335 Å². The minimum atomic E-state index is -0.104. The minimum absolute atomic E-state index is 0.0869. The zero-order valence-corrected chi connectivity index (χ0v) is 32.8. The number of benzene rings is 7. The SMILES string of the molecule is CC1(C)c2ccccc2-c2c(N(c3ccc4c(c3)C3(c5ccccc5-4)C4CC5CC(C4)CC3C5)c3cccc4c3c3ccccc3n4-c3ccccc3)cccc21. The molecule has 0 atom stereocenters. The van der Waals surface area contributed by atoms with Crippen molar-refractivity contribution >= 4 is 38.9 Å². The van der Waals surface area contributed by atoms with E-state index in [0.717, 1.165) is 11.8 Å². The van der Waals surface area contributed by atoms with Gasteiger partial charge in [0.1, 0.15) is 0 Å². The van der Waals surface area contributed by atoms with Crippen LogP contribution in [0.4, 0.5) is 17.1 Å². The zero-order chi connectivity index (χ0) is 37.6. The second kappa shape index (κ2) is 11.4. The highest BCUT2D eigenvalue weighted by atomic mass is 15.2. The van der Waals surface area contributed by atoms with E-state index in [1.165, 1.54) is 110 Å². The molecule has 4 saturated carbocycles. The van der Waals surface area contributed by atoms with Crippen LogP contribution in [0.15, 0.2) is 158 Å². The fraction of sp³-hybridized carbons (Fsp3) is 0.236. The van der Waals surface area contributed by atoms with Crippen LogP contribution < -0.4 is 4.90 Å². The van der Waals surface area contributed by atoms with Gasteiger partial charge in [-0.25, -0.2) is 0 Å². The summed E-state index contributed by atoms with van der Waals surface area (Å²) >= 11 is 0. The predicted octanol–water partition coefficient (Wildman–Crippen LogP) is 14.3. The second-order valence-corrected chi connectivity index (χ2v) is 18.5. The number of anilines is 3. The first-order chi connectivity index (χ1) is 28.0. The molecule has 0 unspecified atom stereocenters. The Balaban J connectivity index is 1.13. The smallest absolute Gasteiger partial charge is 0.0562 e. The monoisotopic (exact) mass is 734 g/mol. The van der Waals surface area contributed by atoms with Crippen LogP contribution in [0.5, 0.6) is 0 Å². The first-order valence-corrected chi connectivity index (χ1v) is 21.4. The number of para-hydroxylation sites is 2. The lowest BCUT2D eigenvalue weighted by Crippen LogP contribution is -2.55. The van der Waals surface area contributed by atoms with Crippen LogP contribution >= 0.6 is 0 Å². The summed E-state index contributed by atoms with van der Waals surface area (Å²) in [5, 5.41) is 2.56. The molecular weight excluding hydrogens is 689 g/mol. The Morgan fingerprint density at radius 2 is 1.11 bits per heavy atom. The number of nitrogens with zero attached hydrogens (tertiary/aromatic N) is 2. The lowest BCUT2D eigenvalue weighted by Gasteiger charge is -2.61. The molecule has 2 heteroatoms. The average molecular weight is 735 g/mol. The molecule has 14 rings (SSSR count). The first kappa shape index (κ1) is 32.2. The molecule has 57 heavy (non-hydrogen) atoms. The lowest BCUT2D eigenvalue weighted by atomic mass is 9.43. The summed E-state index contributed by atoms with van der Waals surface area (Å²) in [6.45, 7) is 4.81. The number of rotatable bonds is 4. The summed E-state index contributed by atoms with van der Waals surface area (Å²) in [5.74, 6) is 3.23. The van der Waals surface area contributed by atoms with Crippen molar-refractivity contribution in [1.82, 2.24) is 4.57 Å². The zero-order valence-electron chi connectivity index (χ0n) is 32.8. The van der Waals surface area contributed by atoms with Crippen molar-refractivity contribution in [2.45, 2.75) is 56.8 Å². The maximum Gasteiger partial charge on any atom is 0.0562 e. The topological polar surface area (TPSA) is 8.17 Å². The summed E-state index contributed by atoms with van der Waals surface area (Å²) in [7, 11) is 0. The highest BCUT2D eigenvalue weighted by molar-refractivity contribution is 6.17. The van der Waals surface area contributed by atoms with Crippen LogP contribution in [0.2, 0.25) is 0 Å². The number of fused-ring (bicyclic) bond motifs is 9. The van der Waals surface area contributed by atoms with E-state index in [-0.39, 0.29) is 10.8 Å². The van der Waals surface area contributed by atoms with E-state index >= 15 is 0 Å². The molecule has 1 heterocycles. The van der Waals surface area contributed by atoms with Crippen molar-refractivity contribution < 1.29 is 0 Å². The minimum Gasteiger partial charge on any atom is -0.309 e. The van der Waals surface area contributed by atoms with Gasteiger partial charge in [-0.3, -0.25) is 0 Å². The predicted molar refractivity (Wildman–Crippen MR) is 236 cm³/mol. The molecule has 6 aliphatic carbocycles. The molecule has 1 aromatic heterocycles. The van der Waals surface area contributed by atoms with Gasteiger partial charge in [0, 0.05) is 38.5 Å². The Kier molecular flexibility index (Phi) is 6.44. The lowest BCUT2D eigenvalue weighted by molar-refractivity contribution is -0.0399. The molecule has 8 aromatic rings. The van der Waals surface area contributed by atoms with Gasteiger partial charge >= 0.3 is 0 Å². The van der Waals surface area contributed by atoms with Crippen LogP contribution in [0.25, 0.3) is 49.7 Å². The summed E-state index contributed by atoms with van der Waals surface area (Å²) in [4.78, 5) is 2.66. The number of aromatic nitrogens is 1. The summed E-state index contributed by atoms with van der Waals surface area (Å²) < 4.78 is 2.46. The van der Waals surface area contributed by atoms with Gasteiger partial charge in [-0.05, 0) is 143 Å². The average Bonchev–Trinajstić information content (AvgIpc) is 3.82. The van der Waals surface area contributed by atoms with Crippen molar-refractivity contribution in [3.8, 4) is 27.9 Å². The van der Waals surface area contributed by atoms with E-state index in [1.807, 2.05) is 0 Å². The molecule has 0 saturated heterocycles. The molecular formula is C55H46N2. The van der Waals surface area contributed by atoms with Gasteiger partial charge in [-0.15, -0.1) is 0 Å². The number of hydrogen-bond acceptors (Lipinski definition) is 1. The van der Waals surface area contributed by atoms with Crippen LogP contribution in [0.1, 0.15) is 68.2 Å². The third-order valence-electron chi connectivity index (χ3n) is 15.6. The Hall–Kier alpha value is -5.86. The number of hydrogen-bond donors (Lipinski definition) is 0. The summed E-state index contributed by atoms with van der Waals surface area (Å²) in [6.07, 6.45) is 6.98. The van der Waals surface area contributed by atoms with Crippen LogP contribution in [0, 0.1) is 23.7 Å². The molecule has 6 aliphatic rings. The fourth-order valence-corrected chi connectivity index (χ4v) is 13.7. The van der Waals surface area contributed by atoms with Gasteiger partial charge in [0.15, 0.2) is 0 Å². The summed E-state index contributed by atoms with van der Waals surface area (Å²) in [5.41, 5.74) is 19.0. The van der Waals surface area contributed by atoms with Crippen molar-refractivity contribution in [2.75, 3.05) is 4.90 Å². The molecule has 0 aliphatic heterocycles. The van der Waals surface area contributed by atoms with Crippen molar-refractivity contribution in [3.05, 3.63) is 180 Å². The highest BCUT2D eigenvalue weighted by Crippen LogP contribution is 2.70. The van der Waals surface area contributed by atoms with Crippen LogP contribution in [0.3, 0.4) is 0 Å². The highest BCUT2D eigenvalue weighted by Gasteiger charge is 2.61. The third kappa shape index (κ3) is 4.11. The molecule has 2 nitrogen and oxygen atoms in total. The van der Waals surface area contributed by atoms with Crippen molar-refractivity contribution in [3.63, 3.8) is 0 Å². The van der Waals surface area contributed by atoms with Crippen LogP contribution in [-0.4, -0.2) is 4.57 Å². The maximum atomic E-state index is 2.68. The Morgan fingerprint density at radius 3 is 1.91 bits per heavy atom. The van der Waals surface area contributed by atoms with E-state index in [4.69, 9.17) is 0 Å². The second-order valence-electron chi connectivity index (χ2n) is 18.5. The fourth-order valence-electron chi connectivity index (χ4n) is 13.7. The Morgan fingerprint density at radius 1 is 0.491 bits per heavy atom. The quantitative estimate of drug-likeness (QED) is 0.175. The van der Waals surface area contributed by atoms with Gasteiger partial charge in [-0.1, -0.05) is 123 Å². The largest absolute Gasteiger partial charge is 0.309 e. The van der Waals surface area contributed by atoms with Gasteiger partial charge < -0.3 is 9.47 Å². The van der Waals surface area contributed by atoms with E-state index in [0.29, 0.717) is 11.8 Å². The van der Waals surface area contributed by atoms with Gasteiger partial charge in [0.05, 0.1) is 22.4 Å². The van der Waals surface area contributed by atoms with E-state index in [9.17, 15) is 0 Å². The maximum absolute atomic E-state index is 2.68. The van der Waals surface area contributed by atoms with Crippen LogP contribution in [-0.2, 0) is 10.8 Å². The molecule has 4 fully saturated rings. The molecule has 276 valence electrons. The molecule has 0 N–H and O–H groups in total. The van der Waals surface area contributed by atoms with Gasteiger partial charge in [0.25, 0.3) is 0 Å². The Bertz CT molecular complexity index is 2930. The van der Waals surface area contributed by atoms with Crippen molar-refractivity contribution in [1.29, 1.82) is 0 Å². The molecule has 0 radical (unpaired) electrons. The van der Waals surface area contributed by atoms with E-state index in [1.54, 1.807) is 11.1 Å².